The van der Waals surface area contributed by atoms with Crippen LogP contribution in [0.4, 0.5) is 11.5 Å². The Labute approximate surface area is 185 Å². The van der Waals surface area contributed by atoms with Gasteiger partial charge in [0.2, 0.25) is 5.91 Å². The van der Waals surface area contributed by atoms with Crippen LogP contribution in [0.3, 0.4) is 0 Å². The first-order valence-corrected chi connectivity index (χ1v) is 11.0. The van der Waals surface area contributed by atoms with Crippen molar-refractivity contribution in [1.82, 2.24) is 4.98 Å². The Hall–Kier alpha value is -3.32. The predicted octanol–water partition coefficient (Wildman–Crippen LogP) is 4.95. The topological polar surface area (TPSA) is 80.3 Å². The number of anilines is 2. The number of nitrogens with zero attached hydrogens (tertiary/aromatic N) is 1. The van der Waals surface area contributed by atoms with Gasteiger partial charge in [0.1, 0.15) is 11.6 Å². The molecule has 1 saturated carbocycles. The number of aromatic nitrogens is 1. The second kappa shape index (κ2) is 9.66. The molecule has 2 aromatic carbocycles. The molecule has 6 nitrogen and oxygen atoms in total. The number of carbonyl (C=O) groups excluding carboxylic acids is 2. The number of hydrogen-bond donors (Lipinski definition) is 2. The smallest absolute Gasteiger partial charge is 0.257 e. The van der Waals surface area contributed by atoms with E-state index in [9.17, 15) is 9.59 Å². The van der Waals surface area contributed by atoms with Crippen molar-refractivity contribution < 1.29 is 14.3 Å². The number of benzene rings is 2. The van der Waals surface area contributed by atoms with Crippen LogP contribution in [-0.2, 0) is 4.79 Å². The first-order chi connectivity index (χ1) is 15.1. The molecule has 1 fully saturated rings. The first-order valence-electron chi connectivity index (χ1n) is 10.1. The van der Waals surface area contributed by atoms with Crippen molar-refractivity contribution in [2.75, 3.05) is 23.5 Å². The van der Waals surface area contributed by atoms with Gasteiger partial charge in [-0.25, -0.2) is 4.98 Å². The molecular weight excluding hydrogens is 410 g/mol. The number of ether oxygens (including phenoxy) is 1. The summed E-state index contributed by atoms with van der Waals surface area (Å²) in [7, 11) is 1.58. The van der Waals surface area contributed by atoms with Gasteiger partial charge in [0.25, 0.3) is 5.91 Å². The van der Waals surface area contributed by atoms with E-state index in [4.69, 9.17) is 4.74 Å². The van der Waals surface area contributed by atoms with E-state index in [0.29, 0.717) is 28.7 Å². The lowest BCUT2D eigenvalue weighted by Gasteiger charge is -2.11. The molecule has 158 valence electrons. The second-order valence-electron chi connectivity index (χ2n) is 7.27. The zero-order valence-electron chi connectivity index (χ0n) is 17.1. The Morgan fingerprint density at radius 1 is 1.06 bits per heavy atom. The third kappa shape index (κ3) is 5.64. The highest BCUT2D eigenvalue weighted by molar-refractivity contribution is 8.00. The van der Waals surface area contributed by atoms with Gasteiger partial charge in [0, 0.05) is 22.8 Å². The highest BCUT2D eigenvalue weighted by atomic mass is 32.2. The molecule has 3 aromatic rings. The average Bonchev–Trinajstić information content (AvgIpc) is 3.64. The number of nitrogens with one attached hydrogen (secondary N) is 2. The monoisotopic (exact) mass is 433 g/mol. The van der Waals surface area contributed by atoms with Gasteiger partial charge in [0.05, 0.1) is 18.4 Å². The first kappa shape index (κ1) is 20.9. The van der Waals surface area contributed by atoms with Crippen molar-refractivity contribution in [1.29, 1.82) is 0 Å². The molecule has 0 saturated heterocycles. The van der Waals surface area contributed by atoms with Gasteiger partial charge in [-0.3, -0.25) is 9.59 Å². The summed E-state index contributed by atoms with van der Waals surface area (Å²) in [6, 6.07) is 18.4. The van der Waals surface area contributed by atoms with Crippen molar-refractivity contribution in [3.8, 4) is 5.75 Å². The van der Waals surface area contributed by atoms with Crippen LogP contribution in [0.2, 0.25) is 0 Å². The lowest BCUT2D eigenvalue weighted by Crippen LogP contribution is -2.16. The number of methoxy groups -OCH3 is 1. The molecule has 0 aliphatic heterocycles. The second-order valence-corrected chi connectivity index (χ2v) is 8.28. The molecule has 0 unspecified atom stereocenters. The van der Waals surface area contributed by atoms with E-state index in [-0.39, 0.29) is 17.6 Å². The van der Waals surface area contributed by atoms with Crippen LogP contribution < -0.4 is 15.4 Å². The van der Waals surface area contributed by atoms with Gasteiger partial charge >= 0.3 is 0 Å². The third-order valence-corrected chi connectivity index (χ3v) is 5.99. The average molecular weight is 434 g/mol. The van der Waals surface area contributed by atoms with Crippen molar-refractivity contribution in [2.45, 2.75) is 23.7 Å². The van der Waals surface area contributed by atoms with Crippen molar-refractivity contribution in [3.63, 3.8) is 0 Å². The highest BCUT2D eigenvalue weighted by Gasteiger charge is 2.24. The zero-order valence-corrected chi connectivity index (χ0v) is 17.9. The normalized spacial score (nSPS) is 12.8. The molecule has 31 heavy (non-hydrogen) atoms. The maximum Gasteiger partial charge on any atom is 0.257 e. The summed E-state index contributed by atoms with van der Waals surface area (Å²) in [4.78, 5) is 30.2. The van der Waals surface area contributed by atoms with Crippen LogP contribution in [-0.4, -0.2) is 29.7 Å². The molecule has 1 aliphatic rings. The van der Waals surface area contributed by atoms with E-state index in [1.807, 2.05) is 42.5 Å². The fourth-order valence-electron chi connectivity index (χ4n) is 3.19. The van der Waals surface area contributed by atoms with E-state index in [1.54, 1.807) is 31.5 Å². The van der Waals surface area contributed by atoms with Gasteiger partial charge in [-0.05, 0) is 60.7 Å². The number of amides is 2. The molecule has 0 bridgehead atoms. The Morgan fingerprint density at radius 3 is 2.71 bits per heavy atom. The maximum atomic E-state index is 12.9. The lowest BCUT2D eigenvalue weighted by molar-refractivity contribution is -0.113. The summed E-state index contributed by atoms with van der Waals surface area (Å²) in [5.41, 5.74) is 2.39. The summed E-state index contributed by atoms with van der Waals surface area (Å²) in [5, 5.41) is 5.73. The summed E-state index contributed by atoms with van der Waals surface area (Å²) < 4.78 is 5.17. The highest BCUT2D eigenvalue weighted by Crippen LogP contribution is 2.40. The largest absolute Gasteiger partial charge is 0.497 e. The van der Waals surface area contributed by atoms with E-state index in [0.717, 1.165) is 4.90 Å². The number of rotatable bonds is 8. The minimum atomic E-state index is -0.239. The van der Waals surface area contributed by atoms with Crippen LogP contribution >= 0.6 is 11.8 Å². The van der Waals surface area contributed by atoms with Crippen molar-refractivity contribution >= 4 is 35.1 Å². The Morgan fingerprint density at radius 2 is 1.90 bits per heavy atom. The third-order valence-electron chi connectivity index (χ3n) is 4.92. The lowest BCUT2D eigenvalue weighted by atomic mass is 10.1. The van der Waals surface area contributed by atoms with Crippen LogP contribution in [0.15, 0.2) is 71.8 Å². The minimum Gasteiger partial charge on any atom is -0.497 e. The Bertz CT molecular complexity index is 1100. The zero-order chi connectivity index (χ0) is 21.6. The van der Waals surface area contributed by atoms with E-state index in [1.165, 1.54) is 30.2 Å². The van der Waals surface area contributed by atoms with Gasteiger partial charge in [-0.2, -0.15) is 0 Å². The molecular formula is C24H23N3O3S. The number of carbonyl (C=O) groups is 2. The van der Waals surface area contributed by atoms with Gasteiger partial charge < -0.3 is 15.4 Å². The Kier molecular flexibility index (Phi) is 6.52. The van der Waals surface area contributed by atoms with E-state index in [2.05, 4.69) is 15.6 Å². The SMILES string of the molecule is COc1cccc(NC(=O)CSc2ccccc2C(=O)Nc2cc(C3CC3)ccn2)c1. The van der Waals surface area contributed by atoms with Gasteiger partial charge in [0.15, 0.2) is 0 Å². The van der Waals surface area contributed by atoms with Crippen LogP contribution in [0.1, 0.15) is 34.7 Å². The molecule has 2 amide bonds. The summed E-state index contributed by atoms with van der Waals surface area (Å²) in [6.45, 7) is 0. The van der Waals surface area contributed by atoms with Crippen molar-refractivity contribution in [3.05, 3.63) is 78.0 Å². The minimum absolute atomic E-state index is 0.160. The van der Waals surface area contributed by atoms with Crippen LogP contribution in [0.5, 0.6) is 5.75 Å². The summed E-state index contributed by atoms with van der Waals surface area (Å²) in [6.07, 6.45) is 4.11. The molecule has 4 rings (SSSR count). The quantitative estimate of drug-likeness (QED) is 0.491. The van der Waals surface area contributed by atoms with Crippen LogP contribution in [0, 0.1) is 0 Å². The number of hydrogen-bond acceptors (Lipinski definition) is 5. The molecule has 1 heterocycles. The van der Waals surface area contributed by atoms with Gasteiger partial charge in [-0.15, -0.1) is 11.8 Å². The number of pyridine rings is 1. The predicted molar refractivity (Wildman–Crippen MR) is 123 cm³/mol. The fourth-order valence-corrected chi connectivity index (χ4v) is 4.04. The standard InChI is InChI=1S/C24H23N3O3S/c1-30-19-6-4-5-18(14-19)26-23(28)15-31-21-8-3-2-7-20(21)24(29)27-22-13-17(11-12-25-22)16-9-10-16/h2-8,11-14,16H,9-10,15H2,1H3,(H,26,28)(H,25,27,29). The molecule has 0 radical (unpaired) electrons. The van der Waals surface area contributed by atoms with E-state index >= 15 is 0 Å². The fraction of sp³-hybridized carbons (Fsp3) is 0.208. The number of thioether (sulfide) groups is 1. The molecule has 1 aliphatic carbocycles. The molecule has 1 aromatic heterocycles. The van der Waals surface area contributed by atoms with Gasteiger partial charge in [-0.1, -0.05) is 18.2 Å². The maximum absolute atomic E-state index is 12.9. The van der Waals surface area contributed by atoms with Crippen LogP contribution in [0.25, 0.3) is 0 Å². The Balaban J connectivity index is 1.39. The van der Waals surface area contributed by atoms with E-state index < -0.39 is 0 Å². The molecule has 0 spiro atoms. The van der Waals surface area contributed by atoms with Crippen molar-refractivity contribution in [2.24, 2.45) is 0 Å². The molecule has 2 N–H and O–H groups in total. The molecule has 7 heteroatoms. The molecule has 0 atom stereocenters. The summed E-state index contributed by atoms with van der Waals surface area (Å²) >= 11 is 1.32. The summed E-state index contributed by atoms with van der Waals surface area (Å²) in [5.74, 6) is 1.59.